The minimum atomic E-state index is -0.231. The van der Waals surface area contributed by atoms with Crippen molar-refractivity contribution < 1.29 is 19.4 Å². The van der Waals surface area contributed by atoms with Gasteiger partial charge in [-0.15, -0.1) is 0 Å². The SMILES string of the molecule is CCCC#Cc1ccc([C@@H]2[C@H]3CN(C(=O)CN4CCOCC4)CC(=O)N3[C@H]2CO)cc1. The Bertz CT molecular complexity index is 854. The summed E-state index contributed by atoms with van der Waals surface area (Å²) in [4.78, 5) is 31.2. The zero-order valence-corrected chi connectivity index (χ0v) is 18.1. The first-order valence-electron chi connectivity index (χ1n) is 11.2. The van der Waals surface area contributed by atoms with Crippen LogP contribution in [-0.4, -0.2) is 96.2 Å². The molecule has 166 valence electrons. The number of carbonyl (C=O) groups excluding carboxylic acids is 2. The number of unbranched alkanes of at least 4 members (excludes halogenated alkanes) is 1. The van der Waals surface area contributed by atoms with Crippen LogP contribution in [0.3, 0.4) is 0 Å². The van der Waals surface area contributed by atoms with E-state index in [1.165, 1.54) is 0 Å². The van der Waals surface area contributed by atoms with Gasteiger partial charge in [-0.25, -0.2) is 0 Å². The van der Waals surface area contributed by atoms with Gasteiger partial charge in [-0.05, 0) is 24.1 Å². The molecule has 0 radical (unpaired) electrons. The number of benzene rings is 1. The smallest absolute Gasteiger partial charge is 0.242 e. The Morgan fingerprint density at radius 1 is 1.23 bits per heavy atom. The largest absolute Gasteiger partial charge is 0.394 e. The van der Waals surface area contributed by atoms with Gasteiger partial charge in [0.1, 0.15) is 0 Å². The number of morpholine rings is 1. The third-order valence-electron chi connectivity index (χ3n) is 6.47. The van der Waals surface area contributed by atoms with Crippen molar-refractivity contribution in [2.24, 2.45) is 0 Å². The topological polar surface area (TPSA) is 73.3 Å². The van der Waals surface area contributed by atoms with E-state index < -0.39 is 0 Å². The minimum Gasteiger partial charge on any atom is -0.394 e. The maximum absolute atomic E-state index is 12.9. The van der Waals surface area contributed by atoms with Crippen LogP contribution in [0.15, 0.2) is 24.3 Å². The Hall–Kier alpha value is -2.40. The molecule has 0 saturated carbocycles. The number of nitrogens with zero attached hydrogens (tertiary/aromatic N) is 3. The standard InChI is InChI=1S/C24H31N3O4/c1-2-3-4-5-18-6-8-19(9-7-18)24-20-14-26(16-23(30)27(20)21(24)17-28)22(29)15-25-10-12-31-13-11-25/h6-9,20-21,24,28H,2-3,10-17H2,1H3/t20-,21+,24-/m1/s1. The van der Waals surface area contributed by atoms with Gasteiger partial charge in [-0.3, -0.25) is 14.5 Å². The number of aliphatic hydroxyl groups is 1. The number of carbonyl (C=O) groups is 2. The summed E-state index contributed by atoms with van der Waals surface area (Å²) in [7, 11) is 0. The molecule has 7 heteroatoms. The van der Waals surface area contributed by atoms with E-state index in [0.717, 1.165) is 37.1 Å². The van der Waals surface area contributed by atoms with Crippen molar-refractivity contribution in [1.29, 1.82) is 0 Å². The molecule has 7 nitrogen and oxygen atoms in total. The van der Waals surface area contributed by atoms with Gasteiger partial charge < -0.3 is 19.6 Å². The van der Waals surface area contributed by atoms with E-state index in [0.29, 0.717) is 26.3 Å². The lowest BCUT2D eigenvalue weighted by molar-refractivity contribution is -0.167. The first kappa shape index (κ1) is 21.8. The molecule has 3 heterocycles. The van der Waals surface area contributed by atoms with Crippen LogP contribution in [-0.2, 0) is 14.3 Å². The highest BCUT2D eigenvalue weighted by Crippen LogP contribution is 2.42. The molecule has 3 aliphatic rings. The van der Waals surface area contributed by atoms with Crippen molar-refractivity contribution in [2.75, 3.05) is 52.5 Å². The summed E-state index contributed by atoms with van der Waals surface area (Å²) in [6.07, 6.45) is 1.92. The van der Waals surface area contributed by atoms with Crippen molar-refractivity contribution >= 4 is 11.8 Å². The summed E-state index contributed by atoms with van der Waals surface area (Å²) in [6, 6.07) is 7.76. The van der Waals surface area contributed by atoms with E-state index in [2.05, 4.69) is 23.7 Å². The van der Waals surface area contributed by atoms with Crippen molar-refractivity contribution in [3.63, 3.8) is 0 Å². The maximum Gasteiger partial charge on any atom is 0.242 e. The Kier molecular flexibility index (Phi) is 6.91. The van der Waals surface area contributed by atoms with Crippen LogP contribution in [0.1, 0.15) is 36.8 Å². The number of amides is 2. The number of fused-ring (bicyclic) bond motifs is 1. The van der Waals surface area contributed by atoms with E-state index >= 15 is 0 Å². The Labute approximate surface area is 183 Å². The van der Waals surface area contributed by atoms with E-state index in [-0.39, 0.29) is 43.0 Å². The molecule has 1 aromatic rings. The van der Waals surface area contributed by atoms with Gasteiger partial charge >= 0.3 is 0 Å². The van der Waals surface area contributed by atoms with Crippen LogP contribution in [0.25, 0.3) is 0 Å². The van der Waals surface area contributed by atoms with Crippen molar-refractivity contribution in [2.45, 2.75) is 37.8 Å². The molecule has 2 amide bonds. The first-order chi connectivity index (χ1) is 15.1. The highest BCUT2D eigenvalue weighted by Gasteiger charge is 2.54. The van der Waals surface area contributed by atoms with Gasteiger partial charge in [0.25, 0.3) is 0 Å². The van der Waals surface area contributed by atoms with Gasteiger partial charge in [-0.2, -0.15) is 0 Å². The summed E-state index contributed by atoms with van der Waals surface area (Å²) in [6.45, 7) is 5.72. The van der Waals surface area contributed by atoms with Gasteiger partial charge in [0.2, 0.25) is 11.8 Å². The highest BCUT2D eigenvalue weighted by molar-refractivity contribution is 5.88. The fourth-order valence-electron chi connectivity index (χ4n) is 4.82. The molecule has 0 bridgehead atoms. The molecule has 3 atom stereocenters. The summed E-state index contributed by atoms with van der Waals surface area (Å²) in [5.41, 5.74) is 2.05. The summed E-state index contributed by atoms with van der Waals surface area (Å²) >= 11 is 0. The quantitative estimate of drug-likeness (QED) is 0.702. The average molecular weight is 426 g/mol. The molecule has 0 spiro atoms. The maximum atomic E-state index is 12.9. The van der Waals surface area contributed by atoms with E-state index in [4.69, 9.17) is 4.74 Å². The Morgan fingerprint density at radius 2 is 1.97 bits per heavy atom. The van der Waals surface area contributed by atoms with E-state index in [1.54, 1.807) is 9.80 Å². The Balaban J connectivity index is 1.45. The minimum absolute atomic E-state index is 0.0114. The van der Waals surface area contributed by atoms with Crippen molar-refractivity contribution in [1.82, 2.24) is 14.7 Å². The van der Waals surface area contributed by atoms with Gasteiger partial charge in [-0.1, -0.05) is 30.9 Å². The summed E-state index contributed by atoms with van der Waals surface area (Å²) in [5, 5.41) is 9.95. The van der Waals surface area contributed by atoms with Crippen LogP contribution in [0.2, 0.25) is 0 Å². The number of rotatable bonds is 5. The van der Waals surface area contributed by atoms with Crippen LogP contribution >= 0.6 is 0 Å². The van der Waals surface area contributed by atoms with Crippen molar-refractivity contribution in [3.8, 4) is 11.8 Å². The number of aliphatic hydroxyl groups excluding tert-OH is 1. The normalized spacial score (nSPS) is 26.0. The molecule has 3 fully saturated rings. The predicted molar refractivity (Wildman–Crippen MR) is 116 cm³/mol. The molecule has 31 heavy (non-hydrogen) atoms. The number of piperazine rings is 1. The second-order valence-electron chi connectivity index (χ2n) is 8.48. The lowest BCUT2D eigenvalue weighted by Gasteiger charge is -2.58. The lowest BCUT2D eigenvalue weighted by atomic mass is 9.73. The molecule has 3 saturated heterocycles. The second-order valence-corrected chi connectivity index (χ2v) is 8.48. The zero-order chi connectivity index (χ0) is 21.8. The van der Waals surface area contributed by atoms with E-state index in [1.807, 2.05) is 24.3 Å². The fourth-order valence-corrected chi connectivity index (χ4v) is 4.82. The summed E-state index contributed by atoms with van der Waals surface area (Å²) in [5.74, 6) is 6.25. The average Bonchev–Trinajstić information content (AvgIpc) is 2.77. The second kappa shape index (κ2) is 9.82. The first-order valence-corrected chi connectivity index (χ1v) is 11.2. The van der Waals surface area contributed by atoms with Crippen LogP contribution in [0, 0.1) is 11.8 Å². The molecule has 3 aliphatic heterocycles. The molecule has 0 aliphatic carbocycles. The lowest BCUT2D eigenvalue weighted by Crippen LogP contribution is -2.73. The number of ether oxygens (including phenoxy) is 1. The summed E-state index contributed by atoms with van der Waals surface area (Å²) < 4.78 is 5.35. The van der Waals surface area contributed by atoms with Crippen LogP contribution in [0.5, 0.6) is 0 Å². The Morgan fingerprint density at radius 3 is 2.65 bits per heavy atom. The molecule has 0 unspecified atom stereocenters. The monoisotopic (exact) mass is 425 g/mol. The molecule has 1 N–H and O–H groups in total. The molecule has 4 rings (SSSR count). The molecule has 1 aromatic carbocycles. The van der Waals surface area contributed by atoms with Gasteiger partial charge in [0, 0.05) is 37.5 Å². The predicted octanol–water partition coefficient (Wildman–Crippen LogP) is 0.668. The molecular formula is C24H31N3O4. The zero-order valence-electron chi connectivity index (χ0n) is 18.1. The third-order valence-corrected chi connectivity index (χ3v) is 6.47. The van der Waals surface area contributed by atoms with E-state index in [9.17, 15) is 14.7 Å². The fraction of sp³-hybridized carbons (Fsp3) is 0.583. The highest BCUT2D eigenvalue weighted by atomic mass is 16.5. The third kappa shape index (κ3) is 4.62. The van der Waals surface area contributed by atoms with Crippen LogP contribution < -0.4 is 0 Å². The number of hydrogen-bond donors (Lipinski definition) is 1. The molecule has 0 aromatic heterocycles. The van der Waals surface area contributed by atoms with Gasteiger partial charge in [0.15, 0.2) is 0 Å². The van der Waals surface area contributed by atoms with Crippen LogP contribution in [0.4, 0.5) is 0 Å². The van der Waals surface area contributed by atoms with Crippen molar-refractivity contribution in [3.05, 3.63) is 35.4 Å². The number of hydrogen-bond acceptors (Lipinski definition) is 5. The molecular weight excluding hydrogens is 394 g/mol. The van der Waals surface area contributed by atoms with Gasteiger partial charge in [0.05, 0.1) is 45.0 Å².